The van der Waals surface area contributed by atoms with Crippen molar-refractivity contribution >= 4 is 28.8 Å². The SMILES string of the molecule is Cc1nc(C)c(-c2[nH]nc3c2C(=O)c2c-3cccc2N(C(N)=O)N2C(C)CCCC2C)s1. The summed E-state index contributed by atoms with van der Waals surface area (Å²) in [5, 5.41) is 12.0. The van der Waals surface area contributed by atoms with Gasteiger partial charge >= 0.3 is 6.03 Å². The van der Waals surface area contributed by atoms with Crippen LogP contribution in [0, 0.1) is 13.8 Å². The Bertz CT molecular complexity index is 1240. The molecule has 0 spiro atoms. The highest BCUT2D eigenvalue weighted by atomic mass is 32.1. The molecular formula is C23H26N6O2S. The third-order valence-corrected chi connectivity index (χ3v) is 7.55. The number of nitrogens with zero attached hydrogens (tertiary/aromatic N) is 4. The molecule has 9 heteroatoms. The minimum absolute atomic E-state index is 0.134. The van der Waals surface area contributed by atoms with Crippen LogP contribution in [0.15, 0.2) is 18.2 Å². The van der Waals surface area contributed by atoms with Gasteiger partial charge < -0.3 is 5.73 Å². The summed E-state index contributed by atoms with van der Waals surface area (Å²) in [5.74, 6) is -0.150. The average Bonchev–Trinajstić information content (AvgIpc) is 3.39. The summed E-state index contributed by atoms with van der Waals surface area (Å²) >= 11 is 1.53. The van der Waals surface area contributed by atoms with Gasteiger partial charge in [-0.25, -0.2) is 19.8 Å². The Labute approximate surface area is 190 Å². The van der Waals surface area contributed by atoms with Crippen LogP contribution in [-0.2, 0) is 0 Å². The summed E-state index contributed by atoms with van der Waals surface area (Å²) in [4.78, 5) is 31.9. The number of piperidine rings is 1. The summed E-state index contributed by atoms with van der Waals surface area (Å²) < 4.78 is 0. The molecule has 2 amide bonds. The molecule has 0 radical (unpaired) electrons. The molecule has 2 aliphatic rings. The number of rotatable bonds is 3. The van der Waals surface area contributed by atoms with Gasteiger partial charge in [-0.15, -0.1) is 11.3 Å². The molecule has 3 aromatic rings. The fraction of sp³-hybridized carbons (Fsp3) is 0.391. The van der Waals surface area contributed by atoms with Gasteiger partial charge in [0.1, 0.15) is 5.69 Å². The van der Waals surface area contributed by atoms with Crippen molar-refractivity contribution in [2.75, 3.05) is 5.01 Å². The second-order valence-electron chi connectivity index (χ2n) is 8.66. The van der Waals surface area contributed by atoms with Crippen LogP contribution in [0.2, 0.25) is 0 Å². The Hall–Kier alpha value is -3.04. The highest BCUT2D eigenvalue weighted by molar-refractivity contribution is 7.15. The molecule has 32 heavy (non-hydrogen) atoms. The molecule has 3 heterocycles. The third-order valence-electron chi connectivity index (χ3n) is 6.46. The molecular weight excluding hydrogens is 424 g/mol. The van der Waals surface area contributed by atoms with Crippen molar-refractivity contribution < 1.29 is 9.59 Å². The molecule has 1 fully saturated rings. The number of nitrogens with one attached hydrogen (secondary N) is 1. The maximum absolute atomic E-state index is 13.8. The molecule has 1 aliphatic heterocycles. The van der Waals surface area contributed by atoms with Gasteiger partial charge in [-0.1, -0.05) is 18.6 Å². The van der Waals surface area contributed by atoms with Gasteiger partial charge in [0, 0.05) is 17.6 Å². The Morgan fingerprint density at radius 1 is 1.22 bits per heavy atom. The van der Waals surface area contributed by atoms with Crippen LogP contribution < -0.4 is 10.7 Å². The first kappa shape index (κ1) is 20.8. The number of hydrogen-bond acceptors (Lipinski definition) is 6. The molecule has 1 saturated heterocycles. The smallest absolute Gasteiger partial charge is 0.334 e. The van der Waals surface area contributed by atoms with Crippen molar-refractivity contribution in [3.8, 4) is 21.8 Å². The first-order valence-electron chi connectivity index (χ1n) is 10.9. The maximum atomic E-state index is 13.8. The normalized spacial score (nSPS) is 20.3. The van der Waals surface area contributed by atoms with Gasteiger partial charge in [0.05, 0.1) is 38.1 Å². The highest BCUT2D eigenvalue weighted by Gasteiger charge is 2.40. The Kier molecular flexibility index (Phi) is 4.90. The van der Waals surface area contributed by atoms with Crippen LogP contribution in [0.5, 0.6) is 0 Å². The van der Waals surface area contributed by atoms with Gasteiger partial charge in [0.25, 0.3) is 0 Å². The van der Waals surface area contributed by atoms with Gasteiger partial charge in [-0.2, -0.15) is 5.10 Å². The molecule has 2 aromatic heterocycles. The molecule has 0 saturated carbocycles. The molecule has 166 valence electrons. The fourth-order valence-electron chi connectivity index (χ4n) is 5.12. The second-order valence-corrected chi connectivity index (χ2v) is 9.86. The number of hydrogen-bond donors (Lipinski definition) is 2. The van der Waals surface area contributed by atoms with Crippen LogP contribution in [0.4, 0.5) is 10.5 Å². The molecule has 2 atom stereocenters. The predicted octanol–water partition coefficient (Wildman–Crippen LogP) is 4.42. The monoisotopic (exact) mass is 450 g/mol. The quantitative estimate of drug-likeness (QED) is 0.480. The Morgan fingerprint density at radius 2 is 1.94 bits per heavy atom. The van der Waals surface area contributed by atoms with Crippen LogP contribution in [-0.4, -0.2) is 44.1 Å². The van der Waals surface area contributed by atoms with Gasteiger partial charge in [0.2, 0.25) is 0 Å². The van der Waals surface area contributed by atoms with E-state index in [9.17, 15) is 9.59 Å². The highest BCUT2D eigenvalue weighted by Crippen LogP contribution is 2.46. The molecule has 8 nitrogen and oxygen atoms in total. The van der Waals surface area contributed by atoms with Gasteiger partial charge in [0.15, 0.2) is 5.78 Å². The maximum Gasteiger partial charge on any atom is 0.334 e. The molecule has 1 aromatic carbocycles. The number of thiazole rings is 1. The van der Waals surface area contributed by atoms with E-state index in [1.165, 1.54) is 16.3 Å². The van der Waals surface area contributed by atoms with Crippen LogP contribution in [0.1, 0.15) is 59.7 Å². The molecule has 0 bridgehead atoms. The van der Waals surface area contributed by atoms with E-state index in [1.54, 1.807) is 6.07 Å². The topological polar surface area (TPSA) is 108 Å². The Balaban J connectivity index is 1.65. The van der Waals surface area contributed by atoms with E-state index in [2.05, 4.69) is 29.0 Å². The number of primary amides is 1. The van der Waals surface area contributed by atoms with Crippen LogP contribution >= 0.6 is 11.3 Å². The fourth-order valence-corrected chi connectivity index (χ4v) is 6.04. The number of ketones is 1. The van der Waals surface area contributed by atoms with Crippen molar-refractivity contribution in [2.45, 2.75) is 59.0 Å². The minimum Gasteiger partial charge on any atom is -0.350 e. The lowest BCUT2D eigenvalue weighted by molar-refractivity contribution is 0.0956. The zero-order valence-corrected chi connectivity index (χ0v) is 19.4. The number of fused-ring (bicyclic) bond motifs is 3. The number of aromatic nitrogens is 3. The minimum atomic E-state index is -0.591. The number of H-pyrrole nitrogens is 1. The summed E-state index contributed by atoms with van der Waals surface area (Å²) in [6.45, 7) is 8.06. The number of aromatic amines is 1. The van der Waals surface area contributed by atoms with Crippen LogP contribution in [0.25, 0.3) is 21.8 Å². The van der Waals surface area contributed by atoms with E-state index in [0.717, 1.165) is 34.8 Å². The van der Waals surface area contributed by atoms with E-state index in [-0.39, 0.29) is 17.9 Å². The van der Waals surface area contributed by atoms with Crippen molar-refractivity contribution in [1.82, 2.24) is 20.2 Å². The van der Waals surface area contributed by atoms with E-state index in [1.807, 2.05) is 31.0 Å². The third kappa shape index (κ3) is 2.99. The molecule has 2 unspecified atom stereocenters. The van der Waals surface area contributed by atoms with E-state index < -0.39 is 6.03 Å². The number of urea groups is 1. The van der Waals surface area contributed by atoms with Crippen LogP contribution in [0.3, 0.4) is 0 Å². The number of anilines is 1. The largest absolute Gasteiger partial charge is 0.350 e. The first-order chi connectivity index (χ1) is 15.3. The second kappa shape index (κ2) is 7.53. The molecule has 3 N–H and O–H groups in total. The average molecular weight is 451 g/mol. The number of hydrazine groups is 1. The number of carbonyl (C=O) groups excluding carboxylic acids is 2. The van der Waals surface area contributed by atoms with Gasteiger partial charge in [-0.3, -0.25) is 9.89 Å². The standard InChI is InChI=1S/C23H26N6O2S/c1-11-7-5-8-12(2)28(11)29(23(24)31)16-10-6-9-15-17(16)21(30)18-19(15)26-27-20(18)22-13(3)25-14(4)32-22/h6,9-12H,5,7-8H2,1-4H3,(H2,24,31)(H,26,27). The predicted molar refractivity (Wildman–Crippen MR) is 125 cm³/mol. The van der Waals surface area contributed by atoms with Crippen molar-refractivity contribution in [3.05, 3.63) is 40.0 Å². The lowest BCUT2D eigenvalue weighted by Crippen LogP contribution is -2.58. The number of nitrogens with two attached hydrogens (primary N) is 1. The summed E-state index contributed by atoms with van der Waals surface area (Å²) in [6.07, 6.45) is 3.03. The summed E-state index contributed by atoms with van der Waals surface area (Å²) in [7, 11) is 0. The molecule has 5 rings (SSSR count). The number of carbonyl (C=O) groups is 2. The first-order valence-corrected chi connectivity index (χ1v) is 11.7. The zero-order valence-electron chi connectivity index (χ0n) is 18.6. The van der Waals surface area contributed by atoms with E-state index in [0.29, 0.717) is 33.8 Å². The lowest BCUT2D eigenvalue weighted by Gasteiger charge is -2.45. The summed E-state index contributed by atoms with van der Waals surface area (Å²) in [5.41, 5.74) is 10.3. The zero-order chi connectivity index (χ0) is 22.7. The summed E-state index contributed by atoms with van der Waals surface area (Å²) in [6, 6.07) is 5.20. The number of benzene rings is 1. The van der Waals surface area contributed by atoms with Gasteiger partial charge in [-0.05, 0) is 46.6 Å². The van der Waals surface area contributed by atoms with Crippen molar-refractivity contribution in [1.29, 1.82) is 0 Å². The molecule has 1 aliphatic carbocycles. The Morgan fingerprint density at radius 3 is 2.56 bits per heavy atom. The van der Waals surface area contributed by atoms with E-state index in [4.69, 9.17) is 5.73 Å². The van der Waals surface area contributed by atoms with Crippen molar-refractivity contribution in [2.24, 2.45) is 5.73 Å². The van der Waals surface area contributed by atoms with Crippen molar-refractivity contribution in [3.63, 3.8) is 0 Å². The lowest BCUT2D eigenvalue weighted by atomic mass is 9.99. The number of amides is 2. The van der Waals surface area contributed by atoms with E-state index >= 15 is 0 Å². The number of aryl methyl sites for hydroxylation is 2.